The van der Waals surface area contributed by atoms with Crippen molar-refractivity contribution in [2.24, 2.45) is 5.10 Å². The summed E-state index contributed by atoms with van der Waals surface area (Å²) in [6.07, 6.45) is 2.47. The molecule has 6 nitrogen and oxygen atoms in total. The van der Waals surface area contributed by atoms with Gasteiger partial charge in [-0.1, -0.05) is 59.0 Å². The van der Waals surface area contributed by atoms with Crippen molar-refractivity contribution in [2.75, 3.05) is 6.61 Å². The minimum absolute atomic E-state index is 0.0455. The van der Waals surface area contributed by atoms with E-state index in [2.05, 4.69) is 50.5 Å². The Bertz CT molecular complexity index is 1580. The predicted molar refractivity (Wildman–Crippen MR) is 167 cm³/mol. The van der Waals surface area contributed by atoms with E-state index in [4.69, 9.17) is 37.7 Å². The number of hydrogen-bond acceptors (Lipinski definition) is 5. The predicted octanol–water partition coefficient (Wildman–Crippen LogP) is 8.44. The second kappa shape index (κ2) is 12.8. The Morgan fingerprint density at radius 2 is 1.89 bits per heavy atom. The van der Waals surface area contributed by atoms with E-state index in [1.165, 1.54) is 4.68 Å². The van der Waals surface area contributed by atoms with E-state index in [1.807, 2.05) is 44.2 Å². The quantitative estimate of drug-likeness (QED) is 0.128. The summed E-state index contributed by atoms with van der Waals surface area (Å²) in [6.45, 7) is 6.76. The Hall–Kier alpha value is -2.14. The normalized spacial score (nSPS) is 12.3. The van der Waals surface area contributed by atoms with Gasteiger partial charge in [-0.25, -0.2) is 4.98 Å². The molecule has 0 saturated heterocycles. The second-order valence-electron chi connectivity index (χ2n) is 8.60. The summed E-state index contributed by atoms with van der Waals surface area (Å²) < 4.78 is 15.0. The van der Waals surface area contributed by atoms with E-state index < -0.39 is 0 Å². The monoisotopic (exact) mass is 727 g/mol. The summed E-state index contributed by atoms with van der Waals surface area (Å²) in [4.78, 5) is 18.2. The first-order valence-corrected chi connectivity index (χ1v) is 14.6. The van der Waals surface area contributed by atoms with Crippen LogP contribution in [-0.4, -0.2) is 22.5 Å². The van der Waals surface area contributed by atoms with Gasteiger partial charge in [-0.05, 0) is 89.5 Å². The van der Waals surface area contributed by atoms with Crippen molar-refractivity contribution >= 4 is 78.8 Å². The topological polar surface area (TPSA) is 65.7 Å². The summed E-state index contributed by atoms with van der Waals surface area (Å²) in [5, 5.41) is 6.05. The maximum absolute atomic E-state index is 13.4. The standard InChI is InChI=1S/C28H25BrCl2IN3O3/c1-4-16(3)27-34-24-9-7-19(29)13-20(24)28(36)35(27)33-14-18-11-23(32)26(25(12-18)37-5-2)38-15-17-6-8-21(30)22(31)10-17/h6-14,16H,4-5,15H2,1-3H3/t16-/m1/s1. The highest BCUT2D eigenvalue weighted by atomic mass is 127. The molecule has 0 radical (unpaired) electrons. The lowest BCUT2D eigenvalue weighted by molar-refractivity contribution is 0.267. The minimum Gasteiger partial charge on any atom is -0.490 e. The van der Waals surface area contributed by atoms with Gasteiger partial charge in [0, 0.05) is 10.4 Å². The summed E-state index contributed by atoms with van der Waals surface area (Å²) in [5.41, 5.74) is 2.08. The number of hydrogen-bond donors (Lipinski definition) is 0. The van der Waals surface area contributed by atoms with E-state index >= 15 is 0 Å². The lowest BCUT2D eigenvalue weighted by atomic mass is 10.1. The largest absolute Gasteiger partial charge is 0.490 e. The summed E-state index contributed by atoms with van der Waals surface area (Å²) >= 11 is 17.8. The molecular formula is C28H25BrCl2IN3O3. The van der Waals surface area contributed by atoms with Gasteiger partial charge in [0.05, 0.1) is 37.3 Å². The summed E-state index contributed by atoms with van der Waals surface area (Å²) in [6, 6.07) is 14.7. The van der Waals surface area contributed by atoms with Gasteiger partial charge in [0.1, 0.15) is 12.4 Å². The van der Waals surface area contributed by atoms with Gasteiger partial charge in [-0.15, -0.1) is 0 Å². The van der Waals surface area contributed by atoms with Crippen LogP contribution >= 0.6 is 61.7 Å². The van der Waals surface area contributed by atoms with Crippen LogP contribution in [0.3, 0.4) is 0 Å². The molecule has 0 aliphatic rings. The first kappa shape index (κ1) is 28.9. The molecule has 1 aromatic heterocycles. The average molecular weight is 729 g/mol. The maximum atomic E-state index is 13.4. The smallest absolute Gasteiger partial charge is 0.282 e. The third-order valence-electron chi connectivity index (χ3n) is 5.91. The van der Waals surface area contributed by atoms with Crippen molar-refractivity contribution in [3.8, 4) is 11.5 Å². The fraction of sp³-hybridized carbons (Fsp3) is 0.250. The van der Waals surface area contributed by atoms with Gasteiger partial charge < -0.3 is 9.47 Å². The number of rotatable bonds is 9. The van der Waals surface area contributed by atoms with Crippen LogP contribution in [0.15, 0.2) is 62.9 Å². The molecule has 0 spiro atoms. The van der Waals surface area contributed by atoms with Crippen molar-refractivity contribution < 1.29 is 9.47 Å². The van der Waals surface area contributed by atoms with Crippen LogP contribution in [0.2, 0.25) is 10.0 Å². The minimum atomic E-state index is -0.218. The Labute approximate surface area is 253 Å². The first-order chi connectivity index (χ1) is 18.2. The van der Waals surface area contributed by atoms with Gasteiger partial charge in [-0.3, -0.25) is 4.79 Å². The lowest BCUT2D eigenvalue weighted by Crippen LogP contribution is -2.23. The average Bonchev–Trinajstić information content (AvgIpc) is 2.89. The maximum Gasteiger partial charge on any atom is 0.282 e. The molecule has 0 N–H and O–H groups in total. The zero-order valence-corrected chi connectivity index (χ0v) is 26.2. The number of benzene rings is 3. The summed E-state index contributed by atoms with van der Waals surface area (Å²) in [5.74, 6) is 1.86. The van der Waals surface area contributed by atoms with Crippen molar-refractivity contribution in [2.45, 2.75) is 39.7 Å². The van der Waals surface area contributed by atoms with E-state index in [0.29, 0.717) is 51.5 Å². The van der Waals surface area contributed by atoms with Crippen LogP contribution in [0.5, 0.6) is 11.5 Å². The van der Waals surface area contributed by atoms with Crippen LogP contribution in [0, 0.1) is 3.57 Å². The van der Waals surface area contributed by atoms with E-state index in [-0.39, 0.29) is 11.5 Å². The zero-order chi connectivity index (χ0) is 27.4. The Kier molecular flexibility index (Phi) is 9.73. The molecule has 0 amide bonds. The molecule has 198 valence electrons. The first-order valence-electron chi connectivity index (χ1n) is 12.0. The van der Waals surface area contributed by atoms with Gasteiger partial charge in [0.2, 0.25) is 0 Å². The van der Waals surface area contributed by atoms with Gasteiger partial charge in [0.25, 0.3) is 5.56 Å². The molecule has 4 aromatic rings. The molecule has 1 heterocycles. The van der Waals surface area contributed by atoms with Gasteiger partial charge in [0.15, 0.2) is 11.5 Å². The molecule has 3 aromatic carbocycles. The molecular weight excluding hydrogens is 704 g/mol. The lowest BCUT2D eigenvalue weighted by Gasteiger charge is -2.15. The SMILES string of the molecule is CCOc1cc(C=Nn2c([C@H](C)CC)nc3ccc(Br)cc3c2=O)cc(I)c1OCc1ccc(Cl)c(Cl)c1. The van der Waals surface area contributed by atoms with Crippen LogP contribution in [-0.2, 0) is 6.61 Å². The number of aromatic nitrogens is 2. The van der Waals surface area contributed by atoms with E-state index in [0.717, 1.165) is 25.6 Å². The Morgan fingerprint density at radius 3 is 2.61 bits per heavy atom. The molecule has 0 fully saturated rings. The highest BCUT2D eigenvalue weighted by Gasteiger charge is 2.17. The third kappa shape index (κ3) is 6.52. The molecule has 0 aliphatic carbocycles. The zero-order valence-electron chi connectivity index (χ0n) is 21.0. The Morgan fingerprint density at radius 1 is 1.11 bits per heavy atom. The van der Waals surface area contributed by atoms with Crippen LogP contribution < -0.4 is 15.0 Å². The molecule has 0 unspecified atom stereocenters. The number of ether oxygens (including phenoxy) is 2. The Balaban J connectivity index is 1.70. The van der Waals surface area contributed by atoms with Crippen molar-refractivity contribution in [3.05, 3.63) is 93.9 Å². The number of halogens is 4. The van der Waals surface area contributed by atoms with Crippen molar-refractivity contribution in [3.63, 3.8) is 0 Å². The molecule has 0 bridgehead atoms. The molecule has 10 heteroatoms. The molecule has 4 rings (SSSR count). The number of nitrogens with zero attached hydrogens (tertiary/aromatic N) is 3. The van der Waals surface area contributed by atoms with Crippen molar-refractivity contribution in [1.29, 1.82) is 0 Å². The fourth-order valence-corrected chi connectivity index (χ4v) is 5.22. The van der Waals surface area contributed by atoms with E-state index in [1.54, 1.807) is 24.4 Å². The van der Waals surface area contributed by atoms with Crippen molar-refractivity contribution in [1.82, 2.24) is 9.66 Å². The van der Waals surface area contributed by atoms with Gasteiger partial charge >= 0.3 is 0 Å². The second-order valence-corrected chi connectivity index (χ2v) is 11.5. The van der Waals surface area contributed by atoms with Crippen LogP contribution in [0.4, 0.5) is 0 Å². The molecule has 38 heavy (non-hydrogen) atoms. The highest BCUT2D eigenvalue weighted by Crippen LogP contribution is 2.35. The van der Waals surface area contributed by atoms with Crippen LogP contribution in [0.1, 0.15) is 50.1 Å². The van der Waals surface area contributed by atoms with Crippen LogP contribution in [0.25, 0.3) is 10.9 Å². The van der Waals surface area contributed by atoms with E-state index in [9.17, 15) is 4.79 Å². The van der Waals surface area contributed by atoms with Gasteiger partial charge in [-0.2, -0.15) is 9.78 Å². The number of fused-ring (bicyclic) bond motifs is 1. The fourth-order valence-electron chi connectivity index (χ4n) is 3.75. The highest BCUT2D eigenvalue weighted by molar-refractivity contribution is 14.1. The molecule has 1 atom stereocenters. The molecule has 0 aliphatic heterocycles. The molecule has 0 saturated carbocycles. The summed E-state index contributed by atoms with van der Waals surface area (Å²) in [7, 11) is 0. The third-order valence-corrected chi connectivity index (χ3v) is 7.94.